The van der Waals surface area contributed by atoms with E-state index in [9.17, 15) is 0 Å². The van der Waals surface area contributed by atoms with E-state index in [1.165, 1.54) is 5.69 Å². The first kappa shape index (κ1) is 17.8. The van der Waals surface area contributed by atoms with Crippen LogP contribution in [0.25, 0.3) is 11.0 Å². The first-order valence-corrected chi connectivity index (χ1v) is 9.94. The molecule has 4 rings (SSSR count). The fourth-order valence-electron chi connectivity index (χ4n) is 3.78. The van der Waals surface area contributed by atoms with Gasteiger partial charge in [-0.3, -0.25) is 0 Å². The third-order valence-corrected chi connectivity index (χ3v) is 5.40. The Bertz CT molecular complexity index is 875. The highest BCUT2D eigenvalue weighted by Gasteiger charge is 2.13. The maximum atomic E-state index is 4.78. The van der Waals surface area contributed by atoms with Gasteiger partial charge in [0.05, 0.1) is 0 Å². The van der Waals surface area contributed by atoms with Crippen molar-refractivity contribution in [2.45, 2.75) is 32.7 Å². The number of aromatic nitrogens is 3. The molecule has 0 spiro atoms. The summed E-state index contributed by atoms with van der Waals surface area (Å²) in [5.41, 5.74) is 3.27. The molecule has 1 aliphatic heterocycles. The molecule has 3 heterocycles. The van der Waals surface area contributed by atoms with E-state index >= 15 is 0 Å². The Balaban J connectivity index is 1.53. The molecule has 0 radical (unpaired) electrons. The normalized spacial score (nSPS) is 14.9. The van der Waals surface area contributed by atoms with E-state index < -0.39 is 0 Å². The molecule has 1 saturated heterocycles. The van der Waals surface area contributed by atoms with E-state index in [2.05, 4.69) is 75.5 Å². The smallest absolute Gasteiger partial charge is 0.229 e. The summed E-state index contributed by atoms with van der Waals surface area (Å²) < 4.78 is 2.27. The Morgan fingerprint density at radius 2 is 1.81 bits per heavy atom. The van der Waals surface area contributed by atoms with E-state index in [1.54, 1.807) is 0 Å². The van der Waals surface area contributed by atoms with Gasteiger partial charge in [0, 0.05) is 61.4 Å². The van der Waals surface area contributed by atoms with Gasteiger partial charge in [0.15, 0.2) is 0 Å². The Hall–Kier alpha value is -2.60. The van der Waals surface area contributed by atoms with Gasteiger partial charge >= 0.3 is 0 Å². The van der Waals surface area contributed by atoms with Crippen LogP contribution < -0.4 is 15.5 Å². The molecule has 6 heteroatoms. The molecule has 0 aliphatic carbocycles. The van der Waals surface area contributed by atoms with Crippen molar-refractivity contribution in [3.8, 4) is 0 Å². The summed E-state index contributed by atoms with van der Waals surface area (Å²) >= 11 is 0. The lowest BCUT2D eigenvalue weighted by Gasteiger charge is -2.29. The van der Waals surface area contributed by atoms with Crippen LogP contribution in [-0.2, 0) is 0 Å². The predicted octanol–water partition coefficient (Wildman–Crippen LogP) is 3.95. The molecule has 1 fully saturated rings. The first-order valence-electron chi connectivity index (χ1n) is 9.94. The number of piperazine rings is 1. The molecule has 0 bridgehead atoms. The van der Waals surface area contributed by atoms with Crippen molar-refractivity contribution in [3.05, 3.63) is 42.7 Å². The third kappa shape index (κ3) is 3.76. The van der Waals surface area contributed by atoms with Crippen molar-refractivity contribution in [2.75, 3.05) is 36.4 Å². The van der Waals surface area contributed by atoms with Crippen LogP contribution in [-0.4, -0.2) is 40.7 Å². The number of anilines is 3. The second-order valence-electron chi connectivity index (χ2n) is 7.07. The van der Waals surface area contributed by atoms with Crippen LogP contribution in [0.4, 0.5) is 17.3 Å². The molecule has 6 nitrogen and oxygen atoms in total. The van der Waals surface area contributed by atoms with Gasteiger partial charge in [0.2, 0.25) is 5.95 Å². The Kier molecular flexibility index (Phi) is 5.25. The topological polar surface area (TPSA) is 58.0 Å². The summed E-state index contributed by atoms with van der Waals surface area (Å²) in [6.07, 6.45) is 6.22. The molecule has 2 aromatic heterocycles. The van der Waals surface area contributed by atoms with Crippen LogP contribution in [0.5, 0.6) is 0 Å². The minimum Gasteiger partial charge on any atom is -0.369 e. The number of fused-ring (bicyclic) bond motifs is 1. The number of hydrogen-bond acceptors (Lipinski definition) is 5. The highest BCUT2D eigenvalue weighted by atomic mass is 15.2. The van der Waals surface area contributed by atoms with Crippen LogP contribution in [0.15, 0.2) is 42.7 Å². The number of rotatable bonds is 6. The quantitative estimate of drug-likeness (QED) is 0.694. The zero-order valence-electron chi connectivity index (χ0n) is 16.2. The lowest BCUT2D eigenvalue weighted by Crippen LogP contribution is -2.43. The Morgan fingerprint density at radius 3 is 2.52 bits per heavy atom. The Labute approximate surface area is 160 Å². The maximum absolute atomic E-state index is 4.78. The van der Waals surface area contributed by atoms with Crippen molar-refractivity contribution in [3.63, 3.8) is 0 Å². The largest absolute Gasteiger partial charge is 0.369 e. The first-order chi connectivity index (χ1) is 13.3. The Morgan fingerprint density at radius 1 is 1.07 bits per heavy atom. The molecule has 1 aliphatic rings. The average Bonchev–Trinajstić information content (AvgIpc) is 3.14. The standard InChI is InChI=1S/C21H28N6/c1-3-18(4-2)27-12-9-16-15-23-21(25-20(16)27)24-17-5-7-19(8-6-17)26-13-10-22-11-14-26/h5-9,12,15,18,22H,3-4,10-11,13-14H2,1-2H3,(H,23,24,25). The van der Waals surface area contributed by atoms with E-state index in [0.717, 1.165) is 55.7 Å². The van der Waals surface area contributed by atoms with Crippen LogP contribution in [0.2, 0.25) is 0 Å². The molecule has 0 unspecified atom stereocenters. The SMILES string of the molecule is CCC(CC)n1ccc2cnc(Nc3ccc(N4CCNCC4)cc3)nc21. The molecule has 27 heavy (non-hydrogen) atoms. The lowest BCUT2D eigenvalue weighted by molar-refractivity contribution is 0.483. The van der Waals surface area contributed by atoms with Gasteiger partial charge in [-0.15, -0.1) is 0 Å². The average molecular weight is 364 g/mol. The van der Waals surface area contributed by atoms with Crippen molar-refractivity contribution < 1.29 is 0 Å². The molecule has 1 aromatic carbocycles. The van der Waals surface area contributed by atoms with Crippen molar-refractivity contribution >= 4 is 28.4 Å². The van der Waals surface area contributed by atoms with Gasteiger partial charge < -0.3 is 20.1 Å². The fourth-order valence-corrected chi connectivity index (χ4v) is 3.78. The summed E-state index contributed by atoms with van der Waals surface area (Å²) in [6.45, 7) is 8.65. The third-order valence-electron chi connectivity index (χ3n) is 5.40. The molecule has 142 valence electrons. The molecule has 0 amide bonds. The molecule has 0 saturated carbocycles. The second-order valence-corrected chi connectivity index (χ2v) is 7.07. The number of nitrogens with one attached hydrogen (secondary N) is 2. The molecular formula is C21H28N6. The van der Waals surface area contributed by atoms with Crippen LogP contribution in [0.1, 0.15) is 32.7 Å². The zero-order valence-corrected chi connectivity index (χ0v) is 16.2. The minimum absolute atomic E-state index is 0.476. The van der Waals surface area contributed by atoms with Crippen LogP contribution in [0, 0.1) is 0 Å². The molecule has 2 N–H and O–H groups in total. The van der Waals surface area contributed by atoms with E-state index in [0.29, 0.717) is 12.0 Å². The van der Waals surface area contributed by atoms with Gasteiger partial charge in [-0.1, -0.05) is 13.8 Å². The van der Waals surface area contributed by atoms with E-state index in [1.807, 2.05) is 6.20 Å². The van der Waals surface area contributed by atoms with E-state index in [-0.39, 0.29) is 0 Å². The van der Waals surface area contributed by atoms with E-state index in [4.69, 9.17) is 4.98 Å². The van der Waals surface area contributed by atoms with Gasteiger partial charge in [0.1, 0.15) is 5.65 Å². The highest BCUT2D eigenvalue weighted by molar-refractivity contribution is 5.77. The van der Waals surface area contributed by atoms with Gasteiger partial charge in [0.25, 0.3) is 0 Å². The molecular weight excluding hydrogens is 336 g/mol. The summed E-state index contributed by atoms with van der Waals surface area (Å²) in [5.74, 6) is 0.642. The monoisotopic (exact) mass is 364 g/mol. The number of benzene rings is 1. The fraction of sp³-hybridized carbons (Fsp3) is 0.429. The lowest BCUT2D eigenvalue weighted by atomic mass is 10.2. The minimum atomic E-state index is 0.476. The van der Waals surface area contributed by atoms with Crippen LogP contribution >= 0.6 is 0 Å². The maximum Gasteiger partial charge on any atom is 0.229 e. The summed E-state index contributed by atoms with van der Waals surface area (Å²) in [4.78, 5) is 11.7. The summed E-state index contributed by atoms with van der Waals surface area (Å²) in [7, 11) is 0. The van der Waals surface area contributed by atoms with Crippen molar-refractivity contribution in [1.29, 1.82) is 0 Å². The zero-order chi connectivity index (χ0) is 18.6. The highest BCUT2D eigenvalue weighted by Crippen LogP contribution is 2.25. The molecule has 3 aromatic rings. The van der Waals surface area contributed by atoms with Crippen molar-refractivity contribution in [1.82, 2.24) is 19.9 Å². The van der Waals surface area contributed by atoms with Gasteiger partial charge in [-0.25, -0.2) is 4.98 Å². The summed E-state index contributed by atoms with van der Waals surface area (Å²) in [6, 6.07) is 11.1. The predicted molar refractivity (Wildman–Crippen MR) is 112 cm³/mol. The van der Waals surface area contributed by atoms with Crippen LogP contribution in [0.3, 0.4) is 0 Å². The van der Waals surface area contributed by atoms with Gasteiger partial charge in [-0.05, 0) is 43.2 Å². The number of hydrogen-bond donors (Lipinski definition) is 2. The number of nitrogens with zero attached hydrogens (tertiary/aromatic N) is 4. The summed E-state index contributed by atoms with van der Waals surface area (Å²) in [5, 5.41) is 7.83. The van der Waals surface area contributed by atoms with Crippen molar-refractivity contribution in [2.24, 2.45) is 0 Å². The van der Waals surface area contributed by atoms with Gasteiger partial charge in [-0.2, -0.15) is 4.98 Å². The second kappa shape index (κ2) is 7.96. The molecule has 0 atom stereocenters.